The van der Waals surface area contributed by atoms with Gasteiger partial charge in [0.1, 0.15) is 12.4 Å². The van der Waals surface area contributed by atoms with E-state index in [0.29, 0.717) is 0 Å². The van der Waals surface area contributed by atoms with Gasteiger partial charge in [-0.15, -0.1) is 0 Å². The lowest BCUT2D eigenvalue weighted by Crippen LogP contribution is -2.22. The lowest BCUT2D eigenvalue weighted by atomic mass is 10.0. The van der Waals surface area contributed by atoms with Crippen LogP contribution in [0.4, 0.5) is 4.39 Å². The highest BCUT2D eigenvalue weighted by Gasteiger charge is 2.20. The number of hydrogen-bond donors (Lipinski definition) is 4. The van der Waals surface area contributed by atoms with Crippen molar-refractivity contribution in [2.45, 2.75) is 44.9 Å². The summed E-state index contributed by atoms with van der Waals surface area (Å²) in [5.41, 5.74) is 3.58. The second-order valence-electron chi connectivity index (χ2n) is 9.19. The van der Waals surface area contributed by atoms with Crippen molar-refractivity contribution in [2.24, 2.45) is 0 Å². The molecule has 1 aromatic heterocycles. The largest absolute Gasteiger partial charge is 0.463 e. The van der Waals surface area contributed by atoms with Crippen LogP contribution in [0.5, 0.6) is 0 Å². The third-order valence-corrected chi connectivity index (χ3v) is 5.92. The number of nitrogens with zero attached hydrogens (tertiary/aromatic N) is 2. The van der Waals surface area contributed by atoms with E-state index in [4.69, 9.17) is 19.9 Å². The summed E-state index contributed by atoms with van der Waals surface area (Å²) in [7, 11) is 0. The zero-order chi connectivity index (χ0) is 28.4. The number of benzene rings is 2. The number of aromatic nitrogens is 1. The van der Waals surface area contributed by atoms with E-state index in [1.165, 1.54) is 12.1 Å². The maximum atomic E-state index is 13.6. The van der Waals surface area contributed by atoms with E-state index in [1.54, 1.807) is 24.3 Å². The summed E-state index contributed by atoms with van der Waals surface area (Å²) >= 11 is 0. The number of esters is 1. The third-order valence-electron chi connectivity index (χ3n) is 5.92. The van der Waals surface area contributed by atoms with Crippen LogP contribution in [0.3, 0.4) is 0 Å². The van der Waals surface area contributed by atoms with Crippen LogP contribution in [0, 0.1) is 5.82 Å². The average molecular weight is 547 g/mol. The molecule has 39 heavy (non-hydrogen) atoms. The van der Waals surface area contributed by atoms with Crippen LogP contribution in [-0.2, 0) is 19.1 Å². The van der Waals surface area contributed by atoms with Gasteiger partial charge >= 0.3 is 5.97 Å². The number of aliphatic hydroxyl groups is 2. The summed E-state index contributed by atoms with van der Waals surface area (Å²) in [5.74, 6) is -0.973. The normalized spacial score (nSPS) is 13.6. The molecule has 0 aliphatic carbocycles. The Hall–Kier alpha value is -3.16. The van der Waals surface area contributed by atoms with Crippen LogP contribution in [0.2, 0.25) is 0 Å². The number of carbonyl (C=O) groups excluding carboxylic acids is 1. The Morgan fingerprint density at radius 1 is 1.03 bits per heavy atom. The van der Waals surface area contributed by atoms with Gasteiger partial charge in [-0.05, 0) is 43.7 Å². The lowest BCUT2D eigenvalue weighted by molar-refractivity contribution is -0.493. The Labute approximate surface area is 225 Å². The first kappa shape index (κ1) is 30.4. The Balaban J connectivity index is 1.63. The van der Waals surface area contributed by atoms with Gasteiger partial charge in [0, 0.05) is 34.6 Å². The monoisotopic (exact) mass is 546 g/mol. The molecule has 0 spiro atoms. The molecule has 0 aliphatic rings. The predicted octanol–water partition coefficient (Wildman–Crippen LogP) is 4.12. The van der Waals surface area contributed by atoms with Gasteiger partial charge in [0.2, 0.25) is 0 Å². The molecule has 0 aliphatic heterocycles. The van der Waals surface area contributed by atoms with Gasteiger partial charge in [-0.1, -0.05) is 36.4 Å². The summed E-state index contributed by atoms with van der Waals surface area (Å²) in [4.78, 5) is 16.3. The summed E-state index contributed by atoms with van der Waals surface area (Å²) < 4.78 is 25.9. The molecule has 3 rings (SSSR count). The third kappa shape index (κ3) is 8.94. The SMILES string of the molecule is CC(C)n1c(/C=C/[C@@H](O)C[C@@H](O)CC(=O)OCCOCCON(O)O)c(-c2ccc(F)cc2)c2ccccc21. The van der Waals surface area contributed by atoms with E-state index in [0.717, 1.165) is 27.7 Å². The molecule has 2 aromatic carbocycles. The molecule has 10 nitrogen and oxygen atoms in total. The molecule has 11 heteroatoms. The van der Waals surface area contributed by atoms with Gasteiger partial charge < -0.3 is 24.3 Å². The average Bonchev–Trinajstić information content (AvgIpc) is 3.21. The quantitative estimate of drug-likeness (QED) is 0.126. The van der Waals surface area contributed by atoms with Crippen molar-refractivity contribution in [1.29, 1.82) is 0 Å². The van der Waals surface area contributed by atoms with E-state index in [9.17, 15) is 19.4 Å². The Kier molecular flexibility index (Phi) is 11.6. The zero-order valence-corrected chi connectivity index (χ0v) is 21.9. The van der Waals surface area contributed by atoms with E-state index in [1.807, 2.05) is 24.3 Å². The van der Waals surface area contributed by atoms with Gasteiger partial charge in [-0.25, -0.2) is 9.23 Å². The molecule has 3 aromatic rings. The standard InChI is InChI=1S/C28H35FN2O8/c1-19(2)30-25-6-4-3-5-24(25)28(20-7-9-21(29)10-8-20)26(30)12-11-22(32)17-23(33)18-27(34)38-15-13-37-14-16-39-31(35)36/h3-12,19,22-23,32-33,35-36H,13-18H2,1-2H3/b12-11+/t22-,23-/m1/s1. The topological polar surface area (TPSA) is 134 Å². The number of aliphatic hydroxyl groups excluding tert-OH is 2. The number of rotatable bonds is 15. The molecule has 0 bridgehead atoms. The van der Waals surface area contributed by atoms with Gasteiger partial charge in [0.25, 0.3) is 0 Å². The molecular weight excluding hydrogens is 511 g/mol. The molecule has 0 saturated carbocycles. The summed E-state index contributed by atoms with van der Waals surface area (Å²) in [6.07, 6.45) is 0.830. The molecule has 2 atom stereocenters. The van der Waals surface area contributed by atoms with Crippen LogP contribution in [0.15, 0.2) is 54.6 Å². The molecule has 0 unspecified atom stereocenters. The van der Waals surface area contributed by atoms with Gasteiger partial charge in [-0.3, -0.25) is 15.2 Å². The minimum absolute atomic E-state index is 0.0505. The smallest absolute Gasteiger partial charge is 0.308 e. The highest BCUT2D eigenvalue weighted by atomic mass is 19.1. The van der Waals surface area contributed by atoms with Crippen LogP contribution < -0.4 is 0 Å². The number of hydrogen-bond acceptors (Lipinski definition) is 9. The zero-order valence-electron chi connectivity index (χ0n) is 21.9. The first-order chi connectivity index (χ1) is 18.7. The fourth-order valence-electron chi connectivity index (χ4n) is 4.31. The van der Waals surface area contributed by atoms with Gasteiger partial charge in [0.15, 0.2) is 0 Å². The van der Waals surface area contributed by atoms with Crippen molar-refractivity contribution in [3.8, 4) is 11.1 Å². The fraction of sp³-hybridized carbons (Fsp3) is 0.393. The molecule has 0 saturated heterocycles. The lowest BCUT2D eigenvalue weighted by Gasteiger charge is -2.15. The summed E-state index contributed by atoms with van der Waals surface area (Å²) in [6.45, 7) is 4.07. The van der Waals surface area contributed by atoms with E-state index >= 15 is 0 Å². The summed E-state index contributed by atoms with van der Waals surface area (Å²) in [5, 5.41) is 38.2. The van der Waals surface area contributed by atoms with Crippen molar-refractivity contribution < 1.29 is 44.1 Å². The molecular formula is C28H35FN2O8. The van der Waals surface area contributed by atoms with E-state index < -0.39 is 23.6 Å². The van der Waals surface area contributed by atoms with Crippen LogP contribution in [0.25, 0.3) is 28.1 Å². The summed E-state index contributed by atoms with van der Waals surface area (Å²) in [6, 6.07) is 14.3. The minimum Gasteiger partial charge on any atom is -0.463 e. The molecule has 0 radical (unpaired) electrons. The first-order valence-electron chi connectivity index (χ1n) is 12.6. The maximum absolute atomic E-state index is 13.6. The maximum Gasteiger partial charge on any atom is 0.308 e. The van der Waals surface area contributed by atoms with Crippen molar-refractivity contribution in [2.75, 3.05) is 26.4 Å². The number of halogens is 1. The fourth-order valence-corrected chi connectivity index (χ4v) is 4.31. The number of carbonyl (C=O) groups is 1. The molecule has 4 N–H and O–H groups in total. The molecule has 1 heterocycles. The number of para-hydroxylation sites is 1. The number of ether oxygens (including phenoxy) is 2. The van der Waals surface area contributed by atoms with E-state index in [2.05, 4.69) is 23.3 Å². The Morgan fingerprint density at radius 3 is 2.41 bits per heavy atom. The van der Waals surface area contributed by atoms with Crippen molar-refractivity contribution in [3.05, 3.63) is 66.1 Å². The highest BCUT2D eigenvalue weighted by Crippen LogP contribution is 2.38. The molecule has 0 amide bonds. The van der Waals surface area contributed by atoms with Crippen LogP contribution in [0.1, 0.15) is 38.4 Å². The highest BCUT2D eigenvalue weighted by molar-refractivity contribution is 6.01. The second kappa shape index (κ2) is 14.8. The van der Waals surface area contributed by atoms with Crippen LogP contribution >= 0.6 is 0 Å². The van der Waals surface area contributed by atoms with Gasteiger partial charge in [-0.2, -0.15) is 0 Å². The van der Waals surface area contributed by atoms with Crippen molar-refractivity contribution >= 4 is 22.9 Å². The molecule has 212 valence electrons. The number of fused-ring (bicyclic) bond motifs is 1. The minimum atomic E-state index is -1.13. The molecule has 0 fully saturated rings. The Bertz CT molecular complexity index is 1230. The van der Waals surface area contributed by atoms with E-state index in [-0.39, 0.29) is 51.1 Å². The van der Waals surface area contributed by atoms with Gasteiger partial charge in [0.05, 0.1) is 43.8 Å². The first-order valence-corrected chi connectivity index (χ1v) is 12.6. The predicted molar refractivity (Wildman–Crippen MR) is 141 cm³/mol. The second-order valence-corrected chi connectivity index (χ2v) is 9.19. The Morgan fingerprint density at radius 2 is 1.72 bits per heavy atom. The van der Waals surface area contributed by atoms with Crippen molar-refractivity contribution in [3.63, 3.8) is 0 Å². The van der Waals surface area contributed by atoms with Crippen molar-refractivity contribution in [1.82, 2.24) is 9.96 Å². The van der Waals surface area contributed by atoms with Crippen LogP contribution in [-0.4, -0.2) is 75.2 Å².